The van der Waals surface area contributed by atoms with E-state index in [0.29, 0.717) is 0 Å². The van der Waals surface area contributed by atoms with Gasteiger partial charge in [0.05, 0.1) is 11.2 Å². The van der Waals surface area contributed by atoms with Crippen LogP contribution in [0.2, 0.25) is 0 Å². The average Bonchev–Trinajstić information content (AvgIpc) is 2.87. The van der Waals surface area contributed by atoms with Gasteiger partial charge in [-0.2, -0.15) is 0 Å². The number of nitrogens with zero attached hydrogens (tertiary/aromatic N) is 1. The number of rotatable bonds is 6. The largest absolute Gasteiger partial charge is 0.305 e. The van der Waals surface area contributed by atoms with Gasteiger partial charge in [-0.15, -0.1) is 11.3 Å². The Hall–Kier alpha value is -0.410. The molecule has 0 aromatic carbocycles. The van der Waals surface area contributed by atoms with Gasteiger partial charge in [0.2, 0.25) is 0 Å². The van der Waals surface area contributed by atoms with E-state index < -0.39 is 0 Å². The Morgan fingerprint density at radius 2 is 2.14 bits per heavy atom. The molecular formula is C18H32N2S. The maximum absolute atomic E-state index is 5.03. The molecule has 1 aromatic rings. The Balaban J connectivity index is 2.31. The zero-order valence-corrected chi connectivity index (χ0v) is 15.3. The van der Waals surface area contributed by atoms with Gasteiger partial charge in [-0.05, 0) is 51.0 Å². The van der Waals surface area contributed by atoms with Crippen LogP contribution in [-0.4, -0.2) is 11.5 Å². The van der Waals surface area contributed by atoms with Crippen molar-refractivity contribution in [3.05, 3.63) is 15.6 Å². The van der Waals surface area contributed by atoms with Crippen molar-refractivity contribution in [3.63, 3.8) is 0 Å². The van der Waals surface area contributed by atoms with Gasteiger partial charge in [-0.3, -0.25) is 0 Å². The molecule has 1 heterocycles. The van der Waals surface area contributed by atoms with E-state index in [2.05, 4.69) is 39.9 Å². The van der Waals surface area contributed by atoms with Gasteiger partial charge >= 0.3 is 0 Å². The molecule has 0 radical (unpaired) electrons. The first kappa shape index (κ1) is 17.0. The molecular weight excluding hydrogens is 276 g/mol. The number of aryl methyl sites for hydroxylation is 2. The van der Waals surface area contributed by atoms with Crippen LogP contribution in [0.1, 0.15) is 75.4 Å². The summed E-state index contributed by atoms with van der Waals surface area (Å²) in [5.41, 5.74) is 1.45. The molecule has 1 aromatic heterocycles. The lowest BCUT2D eigenvalue weighted by atomic mass is 9.72. The third kappa shape index (κ3) is 3.68. The summed E-state index contributed by atoms with van der Waals surface area (Å²) in [4.78, 5) is 6.44. The summed E-state index contributed by atoms with van der Waals surface area (Å²) in [5, 5.41) is 5.26. The topological polar surface area (TPSA) is 24.9 Å². The van der Waals surface area contributed by atoms with Crippen LogP contribution in [0.5, 0.6) is 0 Å². The maximum atomic E-state index is 5.03. The van der Waals surface area contributed by atoms with Crippen molar-refractivity contribution >= 4 is 11.3 Å². The molecule has 1 aliphatic rings. The molecule has 1 N–H and O–H groups in total. The fourth-order valence-corrected chi connectivity index (χ4v) is 4.85. The minimum atomic E-state index is 0.145. The van der Waals surface area contributed by atoms with Crippen molar-refractivity contribution in [2.24, 2.45) is 11.8 Å². The van der Waals surface area contributed by atoms with E-state index in [4.69, 9.17) is 4.98 Å². The van der Waals surface area contributed by atoms with E-state index in [9.17, 15) is 0 Å². The van der Waals surface area contributed by atoms with Gasteiger partial charge in [0.25, 0.3) is 0 Å². The van der Waals surface area contributed by atoms with E-state index >= 15 is 0 Å². The van der Waals surface area contributed by atoms with E-state index in [0.717, 1.165) is 24.8 Å². The molecule has 0 bridgehead atoms. The fourth-order valence-electron chi connectivity index (χ4n) is 3.64. The van der Waals surface area contributed by atoms with E-state index in [1.165, 1.54) is 47.7 Å². The quantitative estimate of drug-likeness (QED) is 0.795. The molecule has 21 heavy (non-hydrogen) atoms. The summed E-state index contributed by atoms with van der Waals surface area (Å²) >= 11 is 1.93. The summed E-state index contributed by atoms with van der Waals surface area (Å²) in [6.07, 6.45) is 7.49. The molecule has 1 aliphatic carbocycles. The van der Waals surface area contributed by atoms with Gasteiger partial charge in [0.1, 0.15) is 5.01 Å². The van der Waals surface area contributed by atoms with Gasteiger partial charge in [-0.25, -0.2) is 4.98 Å². The second-order valence-electron chi connectivity index (χ2n) is 6.98. The van der Waals surface area contributed by atoms with Crippen LogP contribution in [0, 0.1) is 18.8 Å². The van der Waals surface area contributed by atoms with Crippen LogP contribution in [0.3, 0.4) is 0 Å². The highest BCUT2D eigenvalue weighted by molar-refractivity contribution is 7.11. The van der Waals surface area contributed by atoms with Crippen molar-refractivity contribution < 1.29 is 0 Å². The molecule has 1 fully saturated rings. The molecule has 120 valence electrons. The molecule has 2 rings (SSSR count). The summed E-state index contributed by atoms with van der Waals surface area (Å²) in [6, 6.07) is 0. The Morgan fingerprint density at radius 1 is 1.38 bits per heavy atom. The standard InChI is InChI=1S/C18H32N2S/c1-6-11-19-18(10-8-9-15(12-18)13(3)4)17-20-16(7-2)14(5)21-17/h13,15,19H,6-12H2,1-5H3. The summed E-state index contributed by atoms with van der Waals surface area (Å²) < 4.78 is 0. The molecule has 0 spiro atoms. The van der Waals surface area contributed by atoms with Crippen molar-refractivity contribution in [1.82, 2.24) is 10.3 Å². The zero-order chi connectivity index (χ0) is 15.5. The monoisotopic (exact) mass is 308 g/mol. The highest BCUT2D eigenvalue weighted by Gasteiger charge is 2.40. The van der Waals surface area contributed by atoms with Crippen molar-refractivity contribution in [1.29, 1.82) is 0 Å². The lowest BCUT2D eigenvalue weighted by Crippen LogP contribution is -2.47. The third-order valence-corrected chi connectivity index (χ3v) is 6.30. The predicted molar refractivity (Wildman–Crippen MR) is 93.0 cm³/mol. The first-order chi connectivity index (χ1) is 10.0. The SMILES string of the molecule is CCCNC1(c2nc(CC)c(C)s2)CCCC(C(C)C)C1. The molecule has 0 amide bonds. The van der Waals surface area contributed by atoms with Crippen molar-refractivity contribution in [3.8, 4) is 0 Å². The fraction of sp³-hybridized carbons (Fsp3) is 0.833. The summed E-state index contributed by atoms with van der Waals surface area (Å²) in [5.74, 6) is 1.61. The second kappa shape index (κ2) is 7.23. The average molecular weight is 309 g/mol. The van der Waals surface area contributed by atoms with Gasteiger partial charge < -0.3 is 5.32 Å². The second-order valence-corrected chi connectivity index (χ2v) is 8.19. The van der Waals surface area contributed by atoms with Crippen LogP contribution in [0.4, 0.5) is 0 Å². The van der Waals surface area contributed by atoms with Crippen LogP contribution in [-0.2, 0) is 12.0 Å². The number of hydrogen-bond donors (Lipinski definition) is 1. The van der Waals surface area contributed by atoms with Gasteiger partial charge in [-0.1, -0.05) is 40.5 Å². The smallest absolute Gasteiger partial charge is 0.113 e. The predicted octanol–water partition coefficient (Wildman–Crippen LogP) is 5.06. The summed E-state index contributed by atoms with van der Waals surface area (Å²) in [6.45, 7) is 12.6. The number of thiazole rings is 1. The lowest BCUT2D eigenvalue weighted by molar-refractivity contribution is 0.147. The Bertz CT molecular complexity index is 452. The third-order valence-electron chi connectivity index (χ3n) is 5.08. The van der Waals surface area contributed by atoms with Crippen molar-refractivity contribution in [2.45, 2.75) is 78.7 Å². The zero-order valence-electron chi connectivity index (χ0n) is 14.5. The molecule has 2 unspecified atom stereocenters. The number of aromatic nitrogens is 1. The minimum Gasteiger partial charge on any atom is -0.305 e. The van der Waals surface area contributed by atoms with E-state index in [1.54, 1.807) is 0 Å². The maximum Gasteiger partial charge on any atom is 0.113 e. The van der Waals surface area contributed by atoms with Gasteiger partial charge in [0.15, 0.2) is 0 Å². The highest BCUT2D eigenvalue weighted by Crippen LogP contribution is 2.44. The minimum absolute atomic E-state index is 0.145. The molecule has 2 nitrogen and oxygen atoms in total. The molecule has 3 heteroatoms. The number of hydrogen-bond acceptors (Lipinski definition) is 3. The number of nitrogens with one attached hydrogen (secondary N) is 1. The van der Waals surface area contributed by atoms with Crippen molar-refractivity contribution in [2.75, 3.05) is 6.54 Å². The van der Waals surface area contributed by atoms with Crippen LogP contribution in [0.15, 0.2) is 0 Å². The Labute approximate surface area is 134 Å². The first-order valence-electron chi connectivity index (χ1n) is 8.74. The van der Waals surface area contributed by atoms with E-state index in [-0.39, 0.29) is 5.54 Å². The Morgan fingerprint density at radius 3 is 2.71 bits per heavy atom. The lowest BCUT2D eigenvalue weighted by Gasteiger charge is -2.42. The van der Waals surface area contributed by atoms with E-state index in [1.807, 2.05) is 11.3 Å². The normalized spacial score (nSPS) is 26.5. The molecule has 2 atom stereocenters. The van der Waals surface area contributed by atoms with Gasteiger partial charge in [0, 0.05) is 4.88 Å². The van der Waals surface area contributed by atoms with Crippen LogP contribution >= 0.6 is 11.3 Å². The molecule has 0 aliphatic heterocycles. The van der Waals surface area contributed by atoms with Crippen LogP contribution in [0.25, 0.3) is 0 Å². The molecule has 1 saturated carbocycles. The highest BCUT2D eigenvalue weighted by atomic mass is 32.1. The Kier molecular flexibility index (Phi) is 5.84. The van der Waals surface area contributed by atoms with Crippen LogP contribution < -0.4 is 5.32 Å². The molecule has 0 saturated heterocycles. The summed E-state index contributed by atoms with van der Waals surface area (Å²) in [7, 11) is 0. The first-order valence-corrected chi connectivity index (χ1v) is 9.55.